The van der Waals surface area contributed by atoms with E-state index >= 15 is 0 Å². The van der Waals surface area contributed by atoms with E-state index in [-0.39, 0.29) is 11.9 Å². The van der Waals surface area contributed by atoms with Gasteiger partial charge in [0.05, 0.1) is 11.9 Å². The molecule has 1 saturated heterocycles. The fraction of sp³-hybridized carbons (Fsp3) is 0.571. The summed E-state index contributed by atoms with van der Waals surface area (Å²) in [4.78, 5) is 0. The molecule has 1 aliphatic rings. The first kappa shape index (κ1) is 15.4. The molecule has 1 heterocycles. The van der Waals surface area contributed by atoms with Gasteiger partial charge in [-0.1, -0.05) is 24.3 Å². The molecule has 1 atom stereocenters. The van der Waals surface area contributed by atoms with Crippen LogP contribution in [0.2, 0.25) is 0 Å². The lowest BCUT2D eigenvalue weighted by atomic mass is 10.1. The Labute approximate surface area is 120 Å². The number of likely N-dealkylation sites (N-methyl/N-ethyl adjacent to an activating group) is 1. The molecule has 1 aromatic rings. The van der Waals surface area contributed by atoms with Crippen LogP contribution in [-0.4, -0.2) is 39.0 Å². The highest BCUT2D eigenvalue weighted by Gasteiger charge is 2.24. The molecular formula is C14H22N2O3S. The van der Waals surface area contributed by atoms with E-state index in [0.29, 0.717) is 13.1 Å². The van der Waals surface area contributed by atoms with Crippen molar-refractivity contribution in [2.75, 3.05) is 20.2 Å². The third-order valence-corrected chi connectivity index (χ3v) is 5.33. The third-order valence-electron chi connectivity index (χ3n) is 3.54. The van der Waals surface area contributed by atoms with Gasteiger partial charge < -0.3 is 10.5 Å². The van der Waals surface area contributed by atoms with Gasteiger partial charge in [-0.2, -0.15) is 0 Å². The van der Waals surface area contributed by atoms with Crippen LogP contribution in [0.1, 0.15) is 24.0 Å². The van der Waals surface area contributed by atoms with E-state index in [4.69, 9.17) is 10.5 Å². The number of hydrogen-bond acceptors (Lipinski definition) is 4. The maximum absolute atomic E-state index is 12.3. The van der Waals surface area contributed by atoms with Crippen LogP contribution in [0.5, 0.6) is 0 Å². The summed E-state index contributed by atoms with van der Waals surface area (Å²) in [6, 6.07) is 7.40. The molecule has 1 aromatic carbocycles. The molecule has 0 radical (unpaired) electrons. The van der Waals surface area contributed by atoms with Crippen molar-refractivity contribution in [2.45, 2.75) is 31.2 Å². The van der Waals surface area contributed by atoms with E-state index in [0.717, 1.165) is 30.6 Å². The third kappa shape index (κ3) is 4.02. The summed E-state index contributed by atoms with van der Waals surface area (Å²) in [7, 11) is -1.70. The van der Waals surface area contributed by atoms with Gasteiger partial charge in [0.25, 0.3) is 0 Å². The Kier molecular flexibility index (Phi) is 5.15. The Hall–Kier alpha value is -0.950. The molecule has 1 fully saturated rings. The minimum atomic E-state index is -3.31. The molecule has 0 aromatic heterocycles. The average Bonchev–Trinajstić information content (AvgIpc) is 2.91. The van der Waals surface area contributed by atoms with Crippen LogP contribution in [0.25, 0.3) is 0 Å². The van der Waals surface area contributed by atoms with Gasteiger partial charge in [-0.05, 0) is 24.0 Å². The molecule has 0 bridgehead atoms. The monoisotopic (exact) mass is 298 g/mol. The van der Waals surface area contributed by atoms with Gasteiger partial charge in [-0.15, -0.1) is 0 Å². The predicted octanol–water partition coefficient (Wildman–Crippen LogP) is 1.09. The summed E-state index contributed by atoms with van der Waals surface area (Å²) in [5, 5.41) is 0. The Bertz CT molecular complexity index is 539. The fourth-order valence-corrected chi connectivity index (χ4v) is 3.57. The quantitative estimate of drug-likeness (QED) is 0.853. The first-order valence-electron chi connectivity index (χ1n) is 6.85. The molecular weight excluding hydrogens is 276 g/mol. The molecule has 0 spiro atoms. The smallest absolute Gasteiger partial charge is 0.218 e. The highest BCUT2D eigenvalue weighted by Crippen LogP contribution is 2.16. The maximum Gasteiger partial charge on any atom is 0.218 e. The Morgan fingerprint density at radius 3 is 2.80 bits per heavy atom. The molecule has 1 unspecified atom stereocenters. The Morgan fingerprint density at radius 1 is 1.40 bits per heavy atom. The van der Waals surface area contributed by atoms with Crippen molar-refractivity contribution in [3.8, 4) is 0 Å². The van der Waals surface area contributed by atoms with Crippen LogP contribution in [0.3, 0.4) is 0 Å². The van der Waals surface area contributed by atoms with Gasteiger partial charge in [0.15, 0.2) is 0 Å². The largest absolute Gasteiger partial charge is 0.377 e. The summed E-state index contributed by atoms with van der Waals surface area (Å²) in [5.41, 5.74) is 7.29. The molecule has 20 heavy (non-hydrogen) atoms. The molecule has 0 aliphatic carbocycles. The second kappa shape index (κ2) is 6.67. The highest BCUT2D eigenvalue weighted by atomic mass is 32.2. The van der Waals surface area contributed by atoms with Crippen LogP contribution in [0.15, 0.2) is 24.3 Å². The number of sulfonamides is 1. The summed E-state index contributed by atoms with van der Waals surface area (Å²) in [6.07, 6.45) is 1.98. The number of benzene rings is 1. The van der Waals surface area contributed by atoms with Crippen molar-refractivity contribution >= 4 is 10.0 Å². The van der Waals surface area contributed by atoms with Gasteiger partial charge in [0.2, 0.25) is 10.0 Å². The summed E-state index contributed by atoms with van der Waals surface area (Å²) < 4.78 is 31.5. The maximum atomic E-state index is 12.3. The minimum Gasteiger partial charge on any atom is -0.377 e. The average molecular weight is 298 g/mol. The second-order valence-corrected chi connectivity index (χ2v) is 7.27. The van der Waals surface area contributed by atoms with Crippen molar-refractivity contribution in [1.29, 1.82) is 0 Å². The van der Waals surface area contributed by atoms with Crippen molar-refractivity contribution in [3.63, 3.8) is 0 Å². The molecule has 2 N–H and O–H groups in total. The standard InChI is InChI=1S/C14H22N2O3S/c1-16(10-14-6-3-7-19-14)20(17,18)11-13-5-2-4-12(8-13)9-15/h2,4-5,8,14H,3,6-7,9-11,15H2,1H3. The lowest BCUT2D eigenvalue weighted by Crippen LogP contribution is -2.34. The van der Waals surface area contributed by atoms with Gasteiger partial charge in [-0.3, -0.25) is 0 Å². The van der Waals surface area contributed by atoms with Crippen molar-refractivity contribution in [2.24, 2.45) is 5.73 Å². The number of nitrogens with two attached hydrogens (primary N) is 1. The van der Waals surface area contributed by atoms with Crippen LogP contribution >= 0.6 is 0 Å². The van der Waals surface area contributed by atoms with E-state index in [2.05, 4.69) is 0 Å². The molecule has 0 saturated carbocycles. The van der Waals surface area contributed by atoms with E-state index in [9.17, 15) is 8.42 Å². The van der Waals surface area contributed by atoms with Crippen molar-refractivity contribution < 1.29 is 13.2 Å². The lowest BCUT2D eigenvalue weighted by molar-refractivity contribution is 0.0978. The zero-order valence-electron chi connectivity index (χ0n) is 11.8. The van der Waals surface area contributed by atoms with E-state index in [1.54, 1.807) is 7.05 Å². The first-order chi connectivity index (χ1) is 9.51. The number of rotatable bonds is 6. The number of hydrogen-bond donors (Lipinski definition) is 1. The van der Waals surface area contributed by atoms with E-state index in [1.165, 1.54) is 4.31 Å². The highest BCUT2D eigenvalue weighted by molar-refractivity contribution is 7.88. The SMILES string of the molecule is CN(CC1CCCO1)S(=O)(=O)Cc1cccc(CN)c1. The van der Waals surface area contributed by atoms with Gasteiger partial charge in [0.1, 0.15) is 0 Å². The Balaban J connectivity index is 2.01. The molecule has 6 heteroatoms. The summed E-state index contributed by atoms with van der Waals surface area (Å²) in [6.45, 7) is 1.58. The number of ether oxygens (including phenoxy) is 1. The van der Waals surface area contributed by atoms with Crippen LogP contribution in [-0.2, 0) is 27.1 Å². The summed E-state index contributed by atoms with van der Waals surface area (Å²) >= 11 is 0. The predicted molar refractivity (Wildman–Crippen MR) is 78.6 cm³/mol. The minimum absolute atomic E-state index is 0.00403. The topological polar surface area (TPSA) is 72.6 Å². The van der Waals surface area contributed by atoms with E-state index < -0.39 is 10.0 Å². The zero-order chi connectivity index (χ0) is 14.6. The van der Waals surface area contributed by atoms with Crippen molar-refractivity contribution in [3.05, 3.63) is 35.4 Å². The van der Waals surface area contributed by atoms with Gasteiger partial charge >= 0.3 is 0 Å². The van der Waals surface area contributed by atoms with Crippen molar-refractivity contribution in [1.82, 2.24) is 4.31 Å². The molecule has 5 nitrogen and oxygen atoms in total. The molecule has 112 valence electrons. The van der Waals surface area contributed by atoms with Gasteiger partial charge in [-0.25, -0.2) is 12.7 Å². The molecule has 2 rings (SSSR count). The van der Waals surface area contributed by atoms with E-state index in [1.807, 2.05) is 24.3 Å². The number of nitrogens with zero attached hydrogens (tertiary/aromatic N) is 1. The second-order valence-electron chi connectivity index (χ2n) is 5.20. The van der Waals surface area contributed by atoms with Crippen LogP contribution in [0.4, 0.5) is 0 Å². The summed E-state index contributed by atoms with van der Waals surface area (Å²) in [5.74, 6) is 0.00403. The molecule has 1 aliphatic heterocycles. The molecule has 0 amide bonds. The first-order valence-corrected chi connectivity index (χ1v) is 8.45. The van der Waals surface area contributed by atoms with Crippen LogP contribution < -0.4 is 5.73 Å². The van der Waals surface area contributed by atoms with Crippen LogP contribution in [0, 0.1) is 0 Å². The zero-order valence-corrected chi connectivity index (χ0v) is 12.6. The normalized spacial score (nSPS) is 19.6. The fourth-order valence-electron chi connectivity index (χ4n) is 2.36. The Morgan fingerprint density at radius 2 is 2.15 bits per heavy atom. The lowest BCUT2D eigenvalue weighted by Gasteiger charge is -2.20. The van der Waals surface area contributed by atoms with Gasteiger partial charge in [0, 0.05) is 26.7 Å².